The Balaban J connectivity index is 1.94. The van der Waals surface area contributed by atoms with Crippen molar-refractivity contribution in [2.45, 2.75) is 57.6 Å². The summed E-state index contributed by atoms with van der Waals surface area (Å²) in [6, 6.07) is 5.53. The van der Waals surface area contributed by atoms with Gasteiger partial charge in [-0.1, -0.05) is 25.0 Å². The highest BCUT2D eigenvalue weighted by atomic mass is 19.1. The van der Waals surface area contributed by atoms with E-state index in [4.69, 9.17) is 0 Å². The normalized spacial score (nSPS) is 25.4. The van der Waals surface area contributed by atoms with Crippen LogP contribution in [0, 0.1) is 11.7 Å². The van der Waals surface area contributed by atoms with Gasteiger partial charge in [-0.25, -0.2) is 4.39 Å². The molecule has 1 saturated heterocycles. The molecule has 1 unspecified atom stereocenters. The average molecular weight is 277 g/mol. The molecule has 3 rings (SSSR count). The molecule has 0 aromatic heterocycles. The molecular weight excluding hydrogens is 253 g/mol. The lowest BCUT2D eigenvalue weighted by Gasteiger charge is -2.33. The molecule has 2 nitrogen and oxygen atoms in total. The summed E-state index contributed by atoms with van der Waals surface area (Å²) >= 11 is 0. The maximum absolute atomic E-state index is 14.4. The van der Waals surface area contributed by atoms with E-state index in [0.29, 0.717) is 17.6 Å². The maximum atomic E-state index is 14.4. The minimum absolute atomic E-state index is 0.187. The Kier molecular flexibility index (Phi) is 3.97. The standard InChI is InChI=1S/C17H24FNO/c1-12(20)14-8-4-9-15(18)17(14)19-11-5-10-16(19)13-6-2-3-7-13/h4,8-9,12-13,16,20H,2-3,5-7,10-11H2,1H3/t12-,16?/m0/s1. The Morgan fingerprint density at radius 1 is 1.20 bits per heavy atom. The second kappa shape index (κ2) is 5.72. The lowest BCUT2D eigenvalue weighted by molar-refractivity contribution is 0.199. The molecule has 0 spiro atoms. The number of benzene rings is 1. The molecule has 0 amide bonds. The van der Waals surface area contributed by atoms with Gasteiger partial charge in [0.05, 0.1) is 11.8 Å². The second-order valence-corrected chi connectivity index (χ2v) is 6.30. The molecule has 2 atom stereocenters. The monoisotopic (exact) mass is 277 g/mol. The zero-order chi connectivity index (χ0) is 14.1. The summed E-state index contributed by atoms with van der Waals surface area (Å²) in [5.41, 5.74) is 1.38. The number of halogens is 1. The number of nitrogens with zero attached hydrogens (tertiary/aromatic N) is 1. The molecule has 2 fully saturated rings. The zero-order valence-electron chi connectivity index (χ0n) is 12.2. The van der Waals surface area contributed by atoms with Crippen LogP contribution >= 0.6 is 0 Å². The molecule has 110 valence electrons. The van der Waals surface area contributed by atoms with E-state index in [-0.39, 0.29) is 5.82 Å². The molecule has 1 aliphatic carbocycles. The topological polar surface area (TPSA) is 23.5 Å². The fourth-order valence-corrected chi connectivity index (χ4v) is 4.07. The number of rotatable bonds is 3. The van der Waals surface area contributed by atoms with Gasteiger partial charge in [0.25, 0.3) is 0 Å². The van der Waals surface area contributed by atoms with Gasteiger partial charge in [0, 0.05) is 18.2 Å². The highest BCUT2D eigenvalue weighted by molar-refractivity contribution is 5.57. The van der Waals surface area contributed by atoms with E-state index in [2.05, 4.69) is 4.90 Å². The van der Waals surface area contributed by atoms with E-state index in [9.17, 15) is 9.50 Å². The van der Waals surface area contributed by atoms with Crippen LogP contribution in [0.2, 0.25) is 0 Å². The smallest absolute Gasteiger partial charge is 0.146 e. The van der Waals surface area contributed by atoms with Gasteiger partial charge in [0.15, 0.2) is 0 Å². The van der Waals surface area contributed by atoms with Gasteiger partial charge in [-0.05, 0) is 44.6 Å². The van der Waals surface area contributed by atoms with Crippen LogP contribution in [-0.2, 0) is 0 Å². The molecule has 1 aromatic carbocycles. The van der Waals surface area contributed by atoms with Crippen molar-refractivity contribution in [3.63, 3.8) is 0 Å². The zero-order valence-corrected chi connectivity index (χ0v) is 12.2. The number of hydrogen-bond donors (Lipinski definition) is 1. The summed E-state index contributed by atoms with van der Waals surface area (Å²) in [4.78, 5) is 2.24. The van der Waals surface area contributed by atoms with Crippen LogP contribution in [0.1, 0.15) is 57.1 Å². The predicted molar refractivity (Wildman–Crippen MR) is 79.4 cm³/mol. The van der Waals surface area contributed by atoms with Gasteiger partial charge in [-0.15, -0.1) is 0 Å². The first-order chi connectivity index (χ1) is 9.68. The van der Waals surface area contributed by atoms with E-state index >= 15 is 0 Å². The Morgan fingerprint density at radius 3 is 2.65 bits per heavy atom. The van der Waals surface area contributed by atoms with E-state index in [1.165, 1.54) is 31.7 Å². The van der Waals surface area contributed by atoms with Gasteiger partial charge in [-0.3, -0.25) is 0 Å². The van der Waals surface area contributed by atoms with E-state index in [1.807, 2.05) is 6.07 Å². The molecule has 0 bridgehead atoms. The third kappa shape index (κ3) is 2.44. The third-order valence-electron chi connectivity index (χ3n) is 5.00. The quantitative estimate of drug-likeness (QED) is 0.901. The number of aliphatic hydroxyl groups is 1. The average Bonchev–Trinajstić information content (AvgIpc) is 3.08. The van der Waals surface area contributed by atoms with Crippen molar-refractivity contribution in [1.82, 2.24) is 0 Å². The van der Waals surface area contributed by atoms with Gasteiger partial charge < -0.3 is 10.0 Å². The number of aliphatic hydroxyl groups excluding tert-OH is 1. The lowest BCUT2D eigenvalue weighted by Crippen LogP contribution is -2.36. The fourth-order valence-electron chi connectivity index (χ4n) is 4.07. The van der Waals surface area contributed by atoms with Crippen molar-refractivity contribution in [3.05, 3.63) is 29.6 Å². The van der Waals surface area contributed by atoms with Crippen molar-refractivity contribution in [2.24, 2.45) is 5.92 Å². The second-order valence-electron chi connectivity index (χ2n) is 6.30. The van der Waals surface area contributed by atoms with Crippen molar-refractivity contribution < 1.29 is 9.50 Å². The summed E-state index contributed by atoms with van der Waals surface area (Å²) < 4.78 is 14.4. The first kappa shape index (κ1) is 13.9. The molecule has 0 radical (unpaired) electrons. The Morgan fingerprint density at radius 2 is 1.95 bits per heavy atom. The third-order valence-corrected chi connectivity index (χ3v) is 5.00. The van der Waals surface area contributed by atoms with E-state index in [1.54, 1.807) is 13.0 Å². The van der Waals surface area contributed by atoms with Gasteiger partial charge in [0.2, 0.25) is 0 Å². The lowest BCUT2D eigenvalue weighted by atomic mass is 9.95. The van der Waals surface area contributed by atoms with Crippen LogP contribution in [0.5, 0.6) is 0 Å². The Bertz CT molecular complexity index is 468. The molecule has 2 aliphatic rings. The van der Waals surface area contributed by atoms with Crippen molar-refractivity contribution in [2.75, 3.05) is 11.4 Å². The largest absolute Gasteiger partial charge is 0.389 e. The number of anilines is 1. The first-order valence-electron chi connectivity index (χ1n) is 7.91. The van der Waals surface area contributed by atoms with E-state index in [0.717, 1.165) is 24.9 Å². The number of para-hydroxylation sites is 1. The predicted octanol–water partition coefficient (Wildman–Crippen LogP) is 4.04. The van der Waals surface area contributed by atoms with Gasteiger partial charge in [-0.2, -0.15) is 0 Å². The maximum Gasteiger partial charge on any atom is 0.146 e. The van der Waals surface area contributed by atoms with Crippen LogP contribution in [0.4, 0.5) is 10.1 Å². The molecular formula is C17H24FNO. The molecule has 20 heavy (non-hydrogen) atoms. The van der Waals surface area contributed by atoms with Crippen LogP contribution in [-0.4, -0.2) is 17.7 Å². The fraction of sp³-hybridized carbons (Fsp3) is 0.647. The van der Waals surface area contributed by atoms with Gasteiger partial charge in [0.1, 0.15) is 5.82 Å². The summed E-state index contributed by atoms with van der Waals surface area (Å²) in [5.74, 6) is 0.521. The van der Waals surface area contributed by atoms with E-state index < -0.39 is 6.10 Å². The molecule has 1 aromatic rings. The highest BCUT2D eigenvalue weighted by Crippen LogP contribution is 2.40. The van der Waals surface area contributed by atoms with Crippen molar-refractivity contribution in [3.8, 4) is 0 Å². The SMILES string of the molecule is C[C@H](O)c1cccc(F)c1N1CCCC1C1CCCC1. The van der Waals surface area contributed by atoms with Gasteiger partial charge >= 0.3 is 0 Å². The first-order valence-corrected chi connectivity index (χ1v) is 7.91. The van der Waals surface area contributed by atoms with Crippen LogP contribution in [0.3, 0.4) is 0 Å². The molecule has 1 heterocycles. The molecule has 3 heteroatoms. The minimum atomic E-state index is -0.620. The highest BCUT2D eigenvalue weighted by Gasteiger charge is 2.35. The number of hydrogen-bond acceptors (Lipinski definition) is 2. The molecule has 1 aliphatic heterocycles. The summed E-state index contributed by atoms with van der Waals surface area (Å²) in [7, 11) is 0. The van der Waals surface area contributed by atoms with Crippen molar-refractivity contribution >= 4 is 5.69 Å². The summed E-state index contributed by atoms with van der Waals surface area (Å²) in [6.07, 6.45) is 6.86. The Labute approximate surface area is 120 Å². The minimum Gasteiger partial charge on any atom is -0.389 e. The summed E-state index contributed by atoms with van der Waals surface area (Å²) in [6.45, 7) is 2.64. The van der Waals surface area contributed by atoms with Crippen LogP contribution < -0.4 is 4.90 Å². The van der Waals surface area contributed by atoms with Crippen LogP contribution in [0.15, 0.2) is 18.2 Å². The summed E-state index contributed by atoms with van der Waals surface area (Å²) in [5, 5.41) is 9.95. The Hall–Kier alpha value is -1.09. The van der Waals surface area contributed by atoms with Crippen LogP contribution in [0.25, 0.3) is 0 Å². The molecule has 1 saturated carbocycles. The molecule has 1 N–H and O–H groups in total. The van der Waals surface area contributed by atoms with Crippen molar-refractivity contribution in [1.29, 1.82) is 0 Å².